The fourth-order valence-corrected chi connectivity index (χ4v) is 4.70. The number of amides is 1. The summed E-state index contributed by atoms with van der Waals surface area (Å²) < 4.78 is 12.7. The third kappa shape index (κ3) is 4.69. The third-order valence-electron chi connectivity index (χ3n) is 5.39. The Balaban J connectivity index is 1.42. The van der Waals surface area contributed by atoms with E-state index in [-0.39, 0.29) is 11.9 Å². The van der Waals surface area contributed by atoms with Crippen molar-refractivity contribution in [2.45, 2.75) is 37.5 Å². The van der Waals surface area contributed by atoms with Gasteiger partial charge in [0.05, 0.1) is 20.0 Å². The number of rotatable bonds is 8. The second-order valence-corrected chi connectivity index (χ2v) is 8.32. The number of carbonyl (C=O) groups excluding carboxylic acids is 1. The van der Waals surface area contributed by atoms with E-state index in [0.29, 0.717) is 34.8 Å². The van der Waals surface area contributed by atoms with Crippen molar-refractivity contribution >= 4 is 17.7 Å². The van der Waals surface area contributed by atoms with Crippen LogP contribution in [0.1, 0.15) is 18.1 Å². The van der Waals surface area contributed by atoms with E-state index >= 15 is 0 Å². The Morgan fingerprint density at radius 2 is 1.74 bits per heavy atom. The molecule has 1 N–H and O–H groups in total. The summed E-state index contributed by atoms with van der Waals surface area (Å²) in [5.41, 5.74) is 3.50. The molecule has 0 bridgehead atoms. The average Bonchev–Trinajstić information content (AvgIpc) is 3.40. The Morgan fingerprint density at radius 1 is 1.10 bits per heavy atom. The minimum atomic E-state index is 0.0121. The number of ether oxygens (including phenoxy) is 2. The number of benzene rings is 2. The van der Waals surface area contributed by atoms with Crippen LogP contribution in [0.3, 0.4) is 0 Å². The van der Waals surface area contributed by atoms with Crippen LogP contribution >= 0.6 is 11.8 Å². The van der Waals surface area contributed by atoms with Crippen LogP contribution in [0.15, 0.2) is 47.6 Å². The number of fused-ring (bicyclic) bond motifs is 1. The predicted octanol–water partition coefficient (Wildman–Crippen LogP) is 3.36. The summed E-state index contributed by atoms with van der Waals surface area (Å²) in [6, 6.07) is 14.1. The van der Waals surface area contributed by atoms with Crippen molar-refractivity contribution in [3.05, 3.63) is 53.6 Å². The van der Waals surface area contributed by atoms with Gasteiger partial charge >= 0.3 is 0 Å². The van der Waals surface area contributed by atoms with E-state index in [1.54, 1.807) is 14.2 Å². The van der Waals surface area contributed by atoms with Gasteiger partial charge in [-0.25, -0.2) is 0 Å². The molecule has 0 spiro atoms. The van der Waals surface area contributed by atoms with Crippen LogP contribution in [0.2, 0.25) is 0 Å². The van der Waals surface area contributed by atoms with E-state index < -0.39 is 0 Å². The van der Waals surface area contributed by atoms with Gasteiger partial charge < -0.3 is 19.4 Å². The summed E-state index contributed by atoms with van der Waals surface area (Å²) >= 11 is 1.40. The van der Waals surface area contributed by atoms with Crippen LogP contribution in [0.25, 0.3) is 11.4 Å². The number of methoxy groups -OCH3 is 2. The van der Waals surface area contributed by atoms with Crippen LogP contribution in [0.5, 0.6) is 11.5 Å². The van der Waals surface area contributed by atoms with E-state index in [0.717, 1.165) is 18.4 Å². The highest BCUT2D eigenvalue weighted by atomic mass is 32.2. The van der Waals surface area contributed by atoms with Crippen molar-refractivity contribution in [2.75, 3.05) is 20.0 Å². The molecular formula is C23H26N4O3S. The largest absolute Gasteiger partial charge is 0.497 e. The van der Waals surface area contributed by atoms with Gasteiger partial charge in [0.25, 0.3) is 0 Å². The molecule has 8 heteroatoms. The van der Waals surface area contributed by atoms with Gasteiger partial charge in [0.2, 0.25) is 5.91 Å². The van der Waals surface area contributed by atoms with Crippen molar-refractivity contribution in [3.63, 3.8) is 0 Å². The molecule has 0 unspecified atom stereocenters. The van der Waals surface area contributed by atoms with Gasteiger partial charge in [-0.1, -0.05) is 36.0 Å². The number of aromatic nitrogens is 3. The molecule has 1 aliphatic carbocycles. The van der Waals surface area contributed by atoms with Crippen LogP contribution in [0, 0.1) is 0 Å². The van der Waals surface area contributed by atoms with Crippen LogP contribution in [0.4, 0.5) is 0 Å². The maximum Gasteiger partial charge on any atom is 0.230 e. The first kappa shape index (κ1) is 21.2. The zero-order chi connectivity index (χ0) is 21.8. The zero-order valence-corrected chi connectivity index (χ0v) is 18.7. The lowest BCUT2D eigenvalue weighted by Crippen LogP contribution is -2.36. The maximum absolute atomic E-state index is 12.5. The average molecular weight is 439 g/mol. The molecule has 0 aliphatic heterocycles. The molecule has 0 saturated heterocycles. The van der Waals surface area contributed by atoms with E-state index in [4.69, 9.17) is 9.47 Å². The number of carbonyl (C=O) groups is 1. The summed E-state index contributed by atoms with van der Waals surface area (Å²) in [5, 5.41) is 12.6. The van der Waals surface area contributed by atoms with Gasteiger partial charge in [-0.2, -0.15) is 0 Å². The highest BCUT2D eigenvalue weighted by Crippen LogP contribution is 2.31. The Bertz CT molecular complexity index is 1040. The summed E-state index contributed by atoms with van der Waals surface area (Å²) in [6.07, 6.45) is 1.78. The summed E-state index contributed by atoms with van der Waals surface area (Å²) in [7, 11) is 3.23. The number of nitrogens with one attached hydrogen (secondary N) is 1. The van der Waals surface area contributed by atoms with Crippen molar-refractivity contribution in [1.29, 1.82) is 0 Å². The highest BCUT2D eigenvalue weighted by molar-refractivity contribution is 7.99. The molecule has 0 atom stereocenters. The van der Waals surface area contributed by atoms with E-state index in [1.807, 2.05) is 41.8 Å². The van der Waals surface area contributed by atoms with E-state index in [9.17, 15) is 4.79 Å². The molecule has 0 radical (unpaired) electrons. The maximum atomic E-state index is 12.5. The first-order valence-electron chi connectivity index (χ1n) is 10.3. The molecule has 0 saturated carbocycles. The Hall–Kier alpha value is -3.00. The van der Waals surface area contributed by atoms with Gasteiger partial charge in [0, 0.05) is 24.2 Å². The first-order valence-corrected chi connectivity index (χ1v) is 11.3. The topological polar surface area (TPSA) is 78.3 Å². The Morgan fingerprint density at radius 3 is 2.32 bits per heavy atom. The normalized spacial score (nSPS) is 13.1. The number of thioether (sulfide) groups is 1. The van der Waals surface area contributed by atoms with Crippen molar-refractivity contribution in [2.24, 2.45) is 0 Å². The van der Waals surface area contributed by atoms with Gasteiger partial charge in [-0.05, 0) is 43.0 Å². The lowest BCUT2D eigenvalue weighted by atomic mass is 10.1. The molecule has 31 heavy (non-hydrogen) atoms. The molecule has 7 nitrogen and oxygen atoms in total. The molecule has 2 aromatic carbocycles. The lowest BCUT2D eigenvalue weighted by molar-refractivity contribution is -0.119. The molecule has 1 aliphatic rings. The molecule has 3 aromatic rings. The summed E-state index contributed by atoms with van der Waals surface area (Å²) in [4.78, 5) is 12.5. The predicted molar refractivity (Wildman–Crippen MR) is 121 cm³/mol. The standard InChI is InChI=1S/C23H26N4O3S/c1-4-27-22(17-11-19(29-2)13-20(12-17)30-3)25-26-23(27)31-14-21(28)24-18-9-15-7-5-6-8-16(15)10-18/h5-8,11-13,18H,4,9-10,14H2,1-3H3,(H,24,28). The number of hydrogen-bond donors (Lipinski definition) is 1. The third-order valence-corrected chi connectivity index (χ3v) is 6.36. The molecule has 4 rings (SSSR count). The molecule has 1 aromatic heterocycles. The quantitative estimate of drug-likeness (QED) is 0.544. The van der Waals surface area contributed by atoms with E-state index in [2.05, 4.69) is 27.6 Å². The first-order chi connectivity index (χ1) is 15.1. The second-order valence-electron chi connectivity index (χ2n) is 7.38. The molecular weight excluding hydrogens is 412 g/mol. The fraction of sp³-hybridized carbons (Fsp3) is 0.348. The van der Waals surface area contributed by atoms with Gasteiger partial charge in [-0.3, -0.25) is 4.79 Å². The SMILES string of the molecule is CCn1c(SCC(=O)NC2Cc3ccccc3C2)nnc1-c1cc(OC)cc(OC)c1. The highest BCUT2D eigenvalue weighted by Gasteiger charge is 2.23. The minimum Gasteiger partial charge on any atom is -0.497 e. The molecule has 1 heterocycles. The molecule has 162 valence electrons. The van der Waals surface area contributed by atoms with Gasteiger partial charge in [-0.15, -0.1) is 10.2 Å². The molecule has 1 amide bonds. The van der Waals surface area contributed by atoms with Gasteiger partial charge in [0.15, 0.2) is 11.0 Å². The van der Waals surface area contributed by atoms with Crippen molar-refractivity contribution in [1.82, 2.24) is 20.1 Å². The van der Waals surface area contributed by atoms with Crippen molar-refractivity contribution < 1.29 is 14.3 Å². The van der Waals surface area contributed by atoms with Crippen LogP contribution < -0.4 is 14.8 Å². The lowest BCUT2D eigenvalue weighted by Gasteiger charge is -2.12. The van der Waals surface area contributed by atoms with Crippen molar-refractivity contribution in [3.8, 4) is 22.9 Å². The Kier molecular flexibility index (Phi) is 6.46. The fourth-order valence-electron chi connectivity index (χ4n) is 3.89. The minimum absolute atomic E-state index is 0.0121. The van der Waals surface area contributed by atoms with E-state index in [1.165, 1.54) is 22.9 Å². The van der Waals surface area contributed by atoms with Gasteiger partial charge in [0.1, 0.15) is 11.5 Å². The monoisotopic (exact) mass is 438 g/mol. The number of hydrogen-bond acceptors (Lipinski definition) is 6. The summed E-state index contributed by atoms with van der Waals surface area (Å²) in [5.74, 6) is 2.40. The molecule has 0 fully saturated rings. The smallest absolute Gasteiger partial charge is 0.230 e. The summed E-state index contributed by atoms with van der Waals surface area (Å²) in [6.45, 7) is 2.72. The van der Waals surface area contributed by atoms with Crippen LogP contribution in [-0.4, -0.2) is 46.7 Å². The number of nitrogens with zero attached hydrogens (tertiary/aromatic N) is 3. The van der Waals surface area contributed by atoms with Crippen LogP contribution in [-0.2, 0) is 24.2 Å². The Labute approximate surface area is 186 Å². The zero-order valence-electron chi connectivity index (χ0n) is 17.9. The second kappa shape index (κ2) is 9.43.